The first-order valence-corrected chi connectivity index (χ1v) is 7.67. The van der Waals surface area contributed by atoms with Gasteiger partial charge in [-0.1, -0.05) is 20.3 Å². The van der Waals surface area contributed by atoms with Gasteiger partial charge in [0.15, 0.2) is 0 Å². The highest BCUT2D eigenvalue weighted by atomic mass is 16.5. The lowest BCUT2D eigenvalue weighted by Crippen LogP contribution is -2.28. The molecule has 0 aliphatic carbocycles. The molecule has 5 heteroatoms. The van der Waals surface area contributed by atoms with Gasteiger partial charge in [0.05, 0.1) is 18.8 Å². The molecule has 21 heavy (non-hydrogen) atoms. The van der Waals surface area contributed by atoms with Crippen molar-refractivity contribution in [2.45, 2.75) is 39.2 Å². The van der Waals surface area contributed by atoms with Crippen molar-refractivity contribution in [2.24, 2.45) is 5.92 Å². The number of nitrogens with zero attached hydrogens (tertiary/aromatic N) is 1. The zero-order chi connectivity index (χ0) is 15.1. The van der Waals surface area contributed by atoms with E-state index < -0.39 is 0 Å². The van der Waals surface area contributed by atoms with Crippen LogP contribution >= 0.6 is 0 Å². The van der Waals surface area contributed by atoms with Gasteiger partial charge in [-0.2, -0.15) is 0 Å². The van der Waals surface area contributed by atoms with E-state index in [1.54, 1.807) is 18.3 Å². The number of hydrogen-bond donors (Lipinski definition) is 1. The molecule has 1 N–H and O–H groups in total. The second kappa shape index (κ2) is 7.98. The molecular weight excluding hydrogens is 268 g/mol. The van der Waals surface area contributed by atoms with E-state index in [1.165, 1.54) is 0 Å². The molecular formula is C16H24N2O3. The van der Waals surface area contributed by atoms with Gasteiger partial charge in [-0.25, -0.2) is 4.98 Å². The van der Waals surface area contributed by atoms with E-state index >= 15 is 0 Å². The maximum Gasteiger partial charge on any atom is 0.252 e. The largest absolute Gasteiger partial charge is 0.474 e. The summed E-state index contributed by atoms with van der Waals surface area (Å²) in [5, 5.41) is 2.91. The van der Waals surface area contributed by atoms with Crippen LogP contribution in [0.25, 0.3) is 0 Å². The molecule has 1 aliphatic rings. The number of nitrogens with one attached hydrogen (secondary N) is 1. The summed E-state index contributed by atoms with van der Waals surface area (Å²) < 4.78 is 11.1. The summed E-state index contributed by atoms with van der Waals surface area (Å²) in [6.07, 6.45) is 4.56. The summed E-state index contributed by atoms with van der Waals surface area (Å²) in [5.41, 5.74) is 0.567. The molecule has 0 saturated carbocycles. The minimum absolute atomic E-state index is 0.0829. The molecule has 0 bridgehead atoms. The molecule has 1 aromatic rings. The second-order valence-electron chi connectivity index (χ2n) is 5.54. The van der Waals surface area contributed by atoms with Crippen LogP contribution in [0.15, 0.2) is 18.3 Å². The van der Waals surface area contributed by atoms with Crippen molar-refractivity contribution >= 4 is 5.91 Å². The van der Waals surface area contributed by atoms with Crippen molar-refractivity contribution in [2.75, 3.05) is 19.8 Å². The Hall–Kier alpha value is -1.62. The van der Waals surface area contributed by atoms with Crippen LogP contribution in [0.2, 0.25) is 0 Å². The fraction of sp³-hybridized carbons (Fsp3) is 0.625. The Bertz CT molecular complexity index is 441. The summed E-state index contributed by atoms with van der Waals surface area (Å²) in [6, 6.07) is 3.52. The van der Waals surface area contributed by atoms with Gasteiger partial charge in [0, 0.05) is 31.6 Å². The summed E-state index contributed by atoms with van der Waals surface area (Å²) in [5.74, 6) is 0.971. The van der Waals surface area contributed by atoms with Crippen LogP contribution in [0.3, 0.4) is 0 Å². The van der Waals surface area contributed by atoms with Gasteiger partial charge in [-0.3, -0.25) is 4.79 Å². The molecule has 116 valence electrons. The minimum atomic E-state index is -0.0829. The average Bonchev–Trinajstić information content (AvgIpc) is 2.54. The third-order valence-electron chi connectivity index (χ3n) is 3.76. The maximum atomic E-state index is 12.0. The standard InChI is InChI=1S/C16H24N2O3/c1-3-12(2)10-18-16(19)13-4-5-15(17-11-13)21-14-6-8-20-9-7-14/h4-5,11-12,14H,3,6-10H2,1-2H3,(H,18,19). The topological polar surface area (TPSA) is 60.5 Å². The van der Waals surface area contributed by atoms with Crippen LogP contribution in [0, 0.1) is 5.92 Å². The third-order valence-corrected chi connectivity index (χ3v) is 3.76. The van der Waals surface area contributed by atoms with E-state index in [0.717, 1.165) is 32.5 Å². The predicted molar refractivity (Wildman–Crippen MR) is 80.5 cm³/mol. The van der Waals surface area contributed by atoms with Crippen LogP contribution in [0.5, 0.6) is 5.88 Å². The number of hydrogen-bond acceptors (Lipinski definition) is 4. The van der Waals surface area contributed by atoms with E-state index in [0.29, 0.717) is 23.9 Å². The summed E-state index contributed by atoms with van der Waals surface area (Å²) in [4.78, 5) is 16.2. The molecule has 1 amide bonds. The van der Waals surface area contributed by atoms with Crippen LogP contribution in [-0.2, 0) is 4.74 Å². The van der Waals surface area contributed by atoms with E-state index in [1.807, 2.05) is 0 Å². The van der Waals surface area contributed by atoms with Crippen LogP contribution < -0.4 is 10.1 Å². The molecule has 0 aromatic carbocycles. The highest BCUT2D eigenvalue weighted by Gasteiger charge is 2.16. The molecule has 0 radical (unpaired) electrons. The molecule has 5 nitrogen and oxygen atoms in total. The number of carbonyl (C=O) groups excluding carboxylic acids is 1. The van der Waals surface area contributed by atoms with Crippen molar-refractivity contribution in [3.63, 3.8) is 0 Å². The predicted octanol–water partition coefficient (Wildman–Crippen LogP) is 2.42. The number of carbonyl (C=O) groups is 1. The minimum Gasteiger partial charge on any atom is -0.474 e. The number of aromatic nitrogens is 1. The summed E-state index contributed by atoms with van der Waals surface area (Å²) in [6.45, 7) is 6.39. The smallest absolute Gasteiger partial charge is 0.252 e. The van der Waals surface area contributed by atoms with Gasteiger partial charge in [0.1, 0.15) is 6.10 Å². The first-order chi connectivity index (χ1) is 10.2. The Labute approximate surface area is 126 Å². The SMILES string of the molecule is CCC(C)CNC(=O)c1ccc(OC2CCOCC2)nc1. The van der Waals surface area contributed by atoms with E-state index in [9.17, 15) is 4.79 Å². The zero-order valence-electron chi connectivity index (χ0n) is 12.8. The lowest BCUT2D eigenvalue weighted by atomic mass is 10.1. The Kier molecular flexibility index (Phi) is 5.99. The third kappa shape index (κ3) is 5.01. The van der Waals surface area contributed by atoms with Gasteiger partial charge in [-0.15, -0.1) is 0 Å². The number of ether oxygens (including phenoxy) is 2. The molecule has 1 atom stereocenters. The normalized spacial score (nSPS) is 17.2. The van der Waals surface area contributed by atoms with Crippen molar-refractivity contribution in [3.05, 3.63) is 23.9 Å². The van der Waals surface area contributed by atoms with Crippen LogP contribution in [0.1, 0.15) is 43.5 Å². The lowest BCUT2D eigenvalue weighted by Gasteiger charge is -2.22. The monoisotopic (exact) mass is 292 g/mol. The Morgan fingerprint density at radius 2 is 2.24 bits per heavy atom. The Balaban J connectivity index is 1.84. The van der Waals surface area contributed by atoms with Gasteiger partial charge < -0.3 is 14.8 Å². The molecule has 1 aliphatic heterocycles. The summed E-state index contributed by atoms with van der Waals surface area (Å²) >= 11 is 0. The van der Waals surface area contributed by atoms with Gasteiger partial charge in [0.2, 0.25) is 5.88 Å². The maximum absolute atomic E-state index is 12.0. The molecule has 2 heterocycles. The Morgan fingerprint density at radius 1 is 1.48 bits per heavy atom. The van der Waals surface area contributed by atoms with Crippen LogP contribution in [-0.4, -0.2) is 36.8 Å². The van der Waals surface area contributed by atoms with Crippen molar-refractivity contribution in [1.29, 1.82) is 0 Å². The second-order valence-corrected chi connectivity index (χ2v) is 5.54. The van der Waals surface area contributed by atoms with E-state index in [-0.39, 0.29) is 12.0 Å². The first-order valence-electron chi connectivity index (χ1n) is 7.67. The molecule has 1 aromatic heterocycles. The zero-order valence-corrected chi connectivity index (χ0v) is 12.8. The van der Waals surface area contributed by atoms with E-state index in [2.05, 4.69) is 24.1 Å². The van der Waals surface area contributed by atoms with E-state index in [4.69, 9.17) is 9.47 Å². The number of amides is 1. The molecule has 1 fully saturated rings. The molecule has 0 spiro atoms. The number of pyridine rings is 1. The summed E-state index contributed by atoms with van der Waals surface area (Å²) in [7, 11) is 0. The van der Waals surface area contributed by atoms with Gasteiger partial charge in [-0.05, 0) is 12.0 Å². The lowest BCUT2D eigenvalue weighted by molar-refractivity contribution is 0.0237. The molecule has 2 rings (SSSR count). The highest BCUT2D eigenvalue weighted by molar-refractivity contribution is 5.93. The van der Waals surface area contributed by atoms with Crippen LogP contribution in [0.4, 0.5) is 0 Å². The highest BCUT2D eigenvalue weighted by Crippen LogP contribution is 2.16. The van der Waals surface area contributed by atoms with Crippen molar-refractivity contribution in [1.82, 2.24) is 10.3 Å². The molecule has 1 unspecified atom stereocenters. The fourth-order valence-corrected chi connectivity index (χ4v) is 2.06. The molecule has 1 saturated heterocycles. The number of rotatable bonds is 6. The van der Waals surface area contributed by atoms with Crippen molar-refractivity contribution in [3.8, 4) is 5.88 Å². The average molecular weight is 292 g/mol. The van der Waals surface area contributed by atoms with Crippen molar-refractivity contribution < 1.29 is 14.3 Å². The fourth-order valence-electron chi connectivity index (χ4n) is 2.06. The first kappa shape index (κ1) is 15.8. The van der Waals surface area contributed by atoms with Gasteiger partial charge in [0.25, 0.3) is 5.91 Å². The van der Waals surface area contributed by atoms with Gasteiger partial charge >= 0.3 is 0 Å². The Morgan fingerprint density at radius 3 is 2.86 bits per heavy atom. The quantitative estimate of drug-likeness (QED) is 0.874.